The van der Waals surface area contributed by atoms with E-state index in [0.717, 1.165) is 25.3 Å². The minimum absolute atomic E-state index is 0.463. The van der Waals surface area contributed by atoms with Gasteiger partial charge in [-0.1, -0.05) is 48.5 Å². The quantitative estimate of drug-likeness (QED) is 0.784. The minimum Gasteiger partial charge on any atom is -0.493 e. The number of para-hydroxylation sites is 1. The van der Waals surface area contributed by atoms with Crippen molar-refractivity contribution in [3.63, 3.8) is 0 Å². The van der Waals surface area contributed by atoms with Crippen molar-refractivity contribution in [2.24, 2.45) is 0 Å². The number of allylic oxidation sites excluding steroid dienone is 3. The summed E-state index contributed by atoms with van der Waals surface area (Å²) in [5.41, 5.74) is 5.18. The van der Waals surface area contributed by atoms with Crippen LogP contribution in [-0.2, 0) is 11.3 Å². The second-order valence-electron chi connectivity index (χ2n) is 6.22. The highest BCUT2D eigenvalue weighted by molar-refractivity contribution is 5.66. The van der Waals surface area contributed by atoms with Crippen LogP contribution in [0.1, 0.15) is 23.5 Å². The summed E-state index contributed by atoms with van der Waals surface area (Å²) in [6.45, 7) is 2.40. The average Bonchev–Trinajstić information content (AvgIpc) is 3.00. The number of anilines is 1. The number of hydrogen-bond acceptors (Lipinski definition) is 3. The molecular weight excluding hydrogens is 296 g/mol. The number of rotatable bonds is 6. The Balaban J connectivity index is 1.25. The first-order valence-electron chi connectivity index (χ1n) is 8.55. The van der Waals surface area contributed by atoms with Crippen LogP contribution in [0.4, 0.5) is 5.69 Å². The van der Waals surface area contributed by atoms with Gasteiger partial charge in [-0.25, -0.2) is 0 Å². The zero-order chi connectivity index (χ0) is 16.2. The predicted octanol–water partition coefficient (Wildman–Crippen LogP) is 4.17. The zero-order valence-corrected chi connectivity index (χ0v) is 13.7. The van der Waals surface area contributed by atoms with E-state index in [1.807, 2.05) is 6.07 Å². The molecule has 0 saturated carbocycles. The van der Waals surface area contributed by atoms with Crippen LogP contribution in [0.15, 0.2) is 78.2 Å². The van der Waals surface area contributed by atoms with E-state index >= 15 is 0 Å². The molecule has 1 heterocycles. The van der Waals surface area contributed by atoms with Crippen LogP contribution >= 0.6 is 0 Å². The molecule has 0 aromatic heterocycles. The van der Waals surface area contributed by atoms with Gasteiger partial charge in [-0.3, -0.25) is 0 Å². The molecule has 0 bridgehead atoms. The molecule has 1 aliphatic heterocycles. The van der Waals surface area contributed by atoms with E-state index in [9.17, 15) is 0 Å². The van der Waals surface area contributed by atoms with Crippen molar-refractivity contribution in [2.75, 3.05) is 18.5 Å². The van der Waals surface area contributed by atoms with Crippen LogP contribution in [0.25, 0.3) is 0 Å². The van der Waals surface area contributed by atoms with Crippen LogP contribution in [0, 0.1) is 0 Å². The van der Waals surface area contributed by atoms with E-state index in [1.165, 1.54) is 22.5 Å². The number of fused-ring (bicyclic) bond motifs is 3. The van der Waals surface area contributed by atoms with E-state index in [2.05, 4.69) is 71.3 Å². The van der Waals surface area contributed by atoms with Gasteiger partial charge in [-0.05, 0) is 35.8 Å². The van der Waals surface area contributed by atoms with Crippen molar-refractivity contribution in [2.45, 2.75) is 18.9 Å². The Kier molecular flexibility index (Phi) is 4.34. The maximum atomic E-state index is 5.91. The minimum atomic E-state index is 0.463. The topological polar surface area (TPSA) is 33.3 Å². The van der Waals surface area contributed by atoms with Gasteiger partial charge in [0.2, 0.25) is 0 Å². The Hall–Kier alpha value is -2.52. The third kappa shape index (κ3) is 3.22. The summed E-state index contributed by atoms with van der Waals surface area (Å²) in [6.07, 6.45) is 5.35. The molecule has 0 radical (unpaired) electrons. The van der Waals surface area contributed by atoms with E-state index in [1.54, 1.807) is 0 Å². The highest BCUT2D eigenvalue weighted by atomic mass is 16.5. The summed E-state index contributed by atoms with van der Waals surface area (Å²) in [7, 11) is 0. The number of benzene rings is 2. The van der Waals surface area contributed by atoms with Gasteiger partial charge in [0.1, 0.15) is 12.4 Å². The third-order valence-corrected chi connectivity index (χ3v) is 4.56. The Morgan fingerprint density at radius 1 is 1.04 bits per heavy atom. The highest BCUT2D eigenvalue weighted by Crippen LogP contribution is 2.43. The van der Waals surface area contributed by atoms with Crippen molar-refractivity contribution in [1.82, 2.24) is 5.32 Å². The first-order valence-corrected chi connectivity index (χ1v) is 8.55. The van der Waals surface area contributed by atoms with Gasteiger partial charge in [0.25, 0.3) is 0 Å². The molecule has 2 aliphatic rings. The summed E-state index contributed by atoms with van der Waals surface area (Å²) < 4.78 is 5.91. The molecule has 2 aromatic rings. The fourth-order valence-corrected chi connectivity index (χ4v) is 3.33. The van der Waals surface area contributed by atoms with Gasteiger partial charge in [0.15, 0.2) is 0 Å². The Morgan fingerprint density at radius 2 is 1.88 bits per heavy atom. The smallest absolute Gasteiger partial charge is 0.117 e. The maximum Gasteiger partial charge on any atom is 0.117 e. The molecule has 0 spiro atoms. The Labute approximate surface area is 143 Å². The van der Waals surface area contributed by atoms with E-state index in [0.29, 0.717) is 12.5 Å². The van der Waals surface area contributed by atoms with E-state index in [-0.39, 0.29) is 0 Å². The van der Waals surface area contributed by atoms with Gasteiger partial charge >= 0.3 is 0 Å². The molecule has 1 atom stereocenters. The first kappa shape index (κ1) is 15.0. The van der Waals surface area contributed by atoms with Gasteiger partial charge < -0.3 is 15.4 Å². The molecule has 0 fully saturated rings. The number of nitrogens with one attached hydrogen (secondary N) is 2. The van der Waals surface area contributed by atoms with Crippen LogP contribution in [0.3, 0.4) is 0 Å². The van der Waals surface area contributed by atoms with Gasteiger partial charge in [-0.2, -0.15) is 0 Å². The van der Waals surface area contributed by atoms with Crippen LogP contribution in [0.2, 0.25) is 0 Å². The summed E-state index contributed by atoms with van der Waals surface area (Å²) in [4.78, 5) is 0. The molecule has 3 nitrogen and oxygen atoms in total. The summed E-state index contributed by atoms with van der Waals surface area (Å²) in [6, 6.07) is 19.0. The van der Waals surface area contributed by atoms with Crippen molar-refractivity contribution < 1.29 is 4.74 Å². The molecule has 0 amide bonds. The lowest BCUT2D eigenvalue weighted by molar-refractivity contribution is 0.221. The lowest BCUT2D eigenvalue weighted by Gasteiger charge is -2.18. The summed E-state index contributed by atoms with van der Waals surface area (Å²) in [5.74, 6) is 1.44. The second kappa shape index (κ2) is 6.93. The van der Waals surface area contributed by atoms with Crippen LogP contribution < -0.4 is 10.6 Å². The van der Waals surface area contributed by atoms with E-state index in [4.69, 9.17) is 4.74 Å². The van der Waals surface area contributed by atoms with Gasteiger partial charge in [-0.15, -0.1) is 0 Å². The first-order chi connectivity index (χ1) is 11.9. The highest BCUT2D eigenvalue weighted by Gasteiger charge is 2.28. The molecule has 3 heteroatoms. The molecule has 4 rings (SSSR count). The standard InChI is InChI=1S/C21H22N2O/c1-2-6-16(7-3-1)15-22-12-13-24-17-10-11-19-18-8-4-5-9-20(18)23-21(19)14-17/h1-10,14,19,22-23H,11-13,15H2. The van der Waals surface area contributed by atoms with Gasteiger partial charge in [0.05, 0.1) is 0 Å². The number of hydrogen-bond donors (Lipinski definition) is 2. The van der Waals surface area contributed by atoms with Crippen LogP contribution in [-0.4, -0.2) is 13.2 Å². The lowest BCUT2D eigenvalue weighted by Crippen LogP contribution is -2.19. The summed E-state index contributed by atoms with van der Waals surface area (Å²) in [5, 5.41) is 6.93. The third-order valence-electron chi connectivity index (χ3n) is 4.56. The Bertz CT molecular complexity index is 764. The second-order valence-corrected chi connectivity index (χ2v) is 6.22. The molecule has 0 saturated heterocycles. The van der Waals surface area contributed by atoms with Crippen molar-refractivity contribution >= 4 is 5.69 Å². The zero-order valence-electron chi connectivity index (χ0n) is 13.7. The SMILES string of the molecule is C1=C(OCCNCc2ccccc2)C=C2Nc3ccccc3C2C1. The molecule has 2 N–H and O–H groups in total. The molecule has 1 aliphatic carbocycles. The normalized spacial score (nSPS) is 18.1. The monoisotopic (exact) mass is 318 g/mol. The van der Waals surface area contributed by atoms with Crippen molar-refractivity contribution in [1.29, 1.82) is 0 Å². The lowest BCUT2D eigenvalue weighted by atomic mass is 9.92. The fourth-order valence-electron chi connectivity index (χ4n) is 3.33. The molecule has 122 valence electrons. The maximum absolute atomic E-state index is 5.91. The molecule has 24 heavy (non-hydrogen) atoms. The van der Waals surface area contributed by atoms with Crippen molar-refractivity contribution in [3.05, 3.63) is 89.3 Å². The van der Waals surface area contributed by atoms with Crippen molar-refractivity contribution in [3.8, 4) is 0 Å². The number of ether oxygens (including phenoxy) is 1. The molecule has 2 aromatic carbocycles. The predicted molar refractivity (Wildman–Crippen MR) is 97.7 cm³/mol. The fraction of sp³-hybridized carbons (Fsp3) is 0.238. The average molecular weight is 318 g/mol. The van der Waals surface area contributed by atoms with E-state index < -0.39 is 0 Å². The Morgan fingerprint density at radius 3 is 2.79 bits per heavy atom. The van der Waals surface area contributed by atoms with Gasteiger partial charge in [0, 0.05) is 30.4 Å². The van der Waals surface area contributed by atoms with Crippen LogP contribution in [0.5, 0.6) is 0 Å². The molecular formula is C21H22N2O. The molecule has 1 unspecified atom stereocenters. The summed E-state index contributed by atoms with van der Waals surface area (Å²) >= 11 is 0. The largest absolute Gasteiger partial charge is 0.493 e.